The van der Waals surface area contributed by atoms with Crippen LogP contribution in [0.4, 0.5) is 5.69 Å². The van der Waals surface area contributed by atoms with Gasteiger partial charge in [-0.3, -0.25) is 9.69 Å². The van der Waals surface area contributed by atoms with Crippen LogP contribution in [0, 0.1) is 5.92 Å². The van der Waals surface area contributed by atoms with Crippen LogP contribution in [-0.2, 0) is 4.79 Å². The van der Waals surface area contributed by atoms with Gasteiger partial charge in [0.05, 0.1) is 10.9 Å². The van der Waals surface area contributed by atoms with Gasteiger partial charge in [-0.15, -0.1) is 21.5 Å². The lowest BCUT2D eigenvalue weighted by molar-refractivity contribution is -0.121. The molecule has 1 amide bonds. The number of thiophene rings is 1. The maximum Gasteiger partial charge on any atom is 0.257 e. The van der Waals surface area contributed by atoms with Crippen molar-refractivity contribution in [3.8, 4) is 10.8 Å². The molecular formula is C20H22N4O2S. The van der Waals surface area contributed by atoms with Crippen LogP contribution in [0.5, 0.6) is 0 Å². The number of amides is 1. The van der Waals surface area contributed by atoms with Crippen molar-refractivity contribution in [2.45, 2.75) is 25.8 Å². The molecule has 1 aliphatic heterocycles. The summed E-state index contributed by atoms with van der Waals surface area (Å²) in [4.78, 5) is 15.8. The first kappa shape index (κ1) is 17.9. The van der Waals surface area contributed by atoms with Gasteiger partial charge in [-0.25, -0.2) is 0 Å². The summed E-state index contributed by atoms with van der Waals surface area (Å²) >= 11 is 1.59. The van der Waals surface area contributed by atoms with Crippen molar-refractivity contribution >= 4 is 22.9 Å². The van der Waals surface area contributed by atoms with Crippen molar-refractivity contribution in [1.82, 2.24) is 15.1 Å². The highest BCUT2D eigenvalue weighted by Crippen LogP contribution is 2.29. The normalized spacial score (nSPS) is 16.9. The highest BCUT2D eigenvalue weighted by Gasteiger charge is 2.30. The van der Waals surface area contributed by atoms with E-state index in [0.29, 0.717) is 11.8 Å². The summed E-state index contributed by atoms with van der Waals surface area (Å²) in [5, 5.41) is 13.4. The summed E-state index contributed by atoms with van der Waals surface area (Å²) in [7, 11) is 0. The monoisotopic (exact) mass is 382 g/mol. The molecule has 0 saturated carbocycles. The second kappa shape index (κ2) is 8.02. The van der Waals surface area contributed by atoms with Gasteiger partial charge in [0.2, 0.25) is 11.8 Å². The molecule has 0 radical (unpaired) electrons. The molecule has 7 heteroatoms. The molecule has 0 unspecified atom stereocenters. The van der Waals surface area contributed by atoms with E-state index < -0.39 is 0 Å². The quantitative estimate of drug-likeness (QED) is 0.716. The van der Waals surface area contributed by atoms with Gasteiger partial charge < -0.3 is 9.73 Å². The number of benzene rings is 1. The first-order valence-electron chi connectivity index (χ1n) is 9.18. The van der Waals surface area contributed by atoms with Crippen LogP contribution in [-0.4, -0.2) is 34.1 Å². The molecule has 0 aliphatic carbocycles. The number of anilines is 1. The second-order valence-corrected chi connectivity index (χ2v) is 7.71. The fourth-order valence-corrected chi connectivity index (χ4v) is 4.02. The molecule has 1 fully saturated rings. The summed E-state index contributed by atoms with van der Waals surface area (Å²) in [5.41, 5.74) is 0.852. The topological polar surface area (TPSA) is 71.3 Å². The van der Waals surface area contributed by atoms with Gasteiger partial charge in [0, 0.05) is 11.6 Å². The maximum atomic E-state index is 12.5. The van der Waals surface area contributed by atoms with Crippen LogP contribution in [0.25, 0.3) is 10.8 Å². The molecule has 1 atom stereocenters. The lowest BCUT2D eigenvalue weighted by Crippen LogP contribution is -2.39. The van der Waals surface area contributed by atoms with E-state index in [0.717, 1.165) is 36.5 Å². The molecule has 1 saturated heterocycles. The molecule has 1 N–H and O–H groups in total. The van der Waals surface area contributed by atoms with Crippen LogP contribution in [0.1, 0.15) is 31.7 Å². The van der Waals surface area contributed by atoms with Crippen LogP contribution in [0.2, 0.25) is 0 Å². The van der Waals surface area contributed by atoms with Gasteiger partial charge in [0.25, 0.3) is 5.89 Å². The SMILES string of the molecule is C[C@H](c1nnc(-c2cccs2)o1)N1CCC(C(=O)Nc2ccccc2)CC1. The third-order valence-corrected chi connectivity index (χ3v) is 5.88. The highest BCUT2D eigenvalue weighted by molar-refractivity contribution is 7.13. The van der Waals surface area contributed by atoms with E-state index >= 15 is 0 Å². The second-order valence-electron chi connectivity index (χ2n) is 6.76. The summed E-state index contributed by atoms with van der Waals surface area (Å²) < 4.78 is 5.86. The van der Waals surface area contributed by atoms with Gasteiger partial charge in [-0.1, -0.05) is 24.3 Å². The number of rotatable bonds is 5. The van der Waals surface area contributed by atoms with Gasteiger partial charge in [0.1, 0.15) is 0 Å². The van der Waals surface area contributed by atoms with E-state index in [1.807, 2.05) is 47.8 Å². The zero-order valence-corrected chi connectivity index (χ0v) is 16.0. The van der Waals surface area contributed by atoms with Crippen LogP contribution >= 0.6 is 11.3 Å². The number of piperidine rings is 1. The number of carbonyl (C=O) groups is 1. The van der Waals surface area contributed by atoms with E-state index in [1.165, 1.54) is 0 Å². The Hall–Kier alpha value is -2.51. The average molecular weight is 382 g/mol. The van der Waals surface area contributed by atoms with Crippen LogP contribution < -0.4 is 5.32 Å². The molecule has 1 aromatic carbocycles. The number of hydrogen-bond donors (Lipinski definition) is 1. The Morgan fingerprint density at radius 2 is 1.96 bits per heavy atom. The number of carbonyl (C=O) groups excluding carboxylic acids is 1. The Kier molecular flexibility index (Phi) is 5.31. The molecule has 1 aliphatic rings. The largest absolute Gasteiger partial charge is 0.418 e. The molecule has 3 aromatic rings. The van der Waals surface area contributed by atoms with E-state index in [4.69, 9.17) is 4.42 Å². The van der Waals surface area contributed by atoms with E-state index in [1.54, 1.807) is 11.3 Å². The molecule has 140 valence electrons. The Morgan fingerprint density at radius 1 is 1.19 bits per heavy atom. The molecule has 0 spiro atoms. The van der Waals surface area contributed by atoms with Crippen molar-refractivity contribution in [1.29, 1.82) is 0 Å². The number of aromatic nitrogens is 2. The Morgan fingerprint density at radius 3 is 2.67 bits per heavy atom. The number of nitrogens with one attached hydrogen (secondary N) is 1. The lowest BCUT2D eigenvalue weighted by Gasteiger charge is -2.33. The first-order valence-corrected chi connectivity index (χ1v) is 10.1. The summed E-state index contributed by atoms with van der Waals surface area (Å²) in [6, 6.07) is 13.6. The molecular weight excluding hydrogens is 360 g/mol. The predicted molar refractivity (Wildman–Crippen MR) is 105 cm³/mol. The molecule has 6 nitrogen and oxygen atoms in total. The number of hydrogen-bond acceptors (Lipinski definition) is 6. The van der Waals surface area contributed by atoms with Crippen LogP contribution in [0.3, 0.4) is 0 Å². The Balaban J connectivity index is 1.33. The van der Waals surface area contributed by atoms with Gasteiger partial charge in [-0.05, 0) is 56.4 Å². The molecule has 27 heavy (non-hydrogen) atoms. The average Bonchev–Trinajstić information content (AvgIpc) is 3.40. The third-order valence-electron chi connectivity index (χ3n) is 5.02. The molecule has 3 heterocycles. The zero-order chi connectivity index (χ0) is 18.6. The predicted octanol–water partition coefficient (Wildman–Crippen LogP) is 4.21. The summed E-state index contributed by atoms with van der Waals surface area (Å²) in [5.74, 6) is 1.35. The Bertz CT molecular complexity index is 871. The van der Waals surface area contributed by atoms with Crippen molar-refractivity contribution < 1.29 is 9.21 Å². The van der Waals surface area contributed by atoms with Gasteiger partial charge >= 0.3 is 0 Å². The zero-order valence-electron chi connectivity index (χ0n) is 15.2. The summed E-state index contributed by atoms with van der Waals surface area (Å²) in [6.45, 7) is 3.76. The van der Waals surface area contributed by atoms with Crippen LogP contribution in [0.15, 0.2) is 52.3 Å². The molecule has 4 rings (SSSR count). The Labute approximate surface area is 162 Å². The standard InChI is InChI=1S/C20H22N4O2S/c1-14(19-22-23-20(26-19)17-8-5-13-27-17)24-11-9-15(10-12-24)18(25)21-16-6-3-2-4-7-16/h2-8,13-15H,9-12H2,1H3,(H,21,25)/t14-/m1/s1. The smallest absolute Gasteiger partial charge is 0.257 e. The van der Waals surface area contributed by atoms with Crippen molar-refractivity contribution in [3.05, 3.63) is 53.7 Å². The fraction of sp³-hybridized carbons (Fsp3) is 0.350. The third kappa shape index (κ3) is 4.09. The minimum absolute atomic E-state index is 0.0398. The number of likely N-dealkylation sites (tertiary alicyclic amines) is 1. The van der Waals surface area contributed by atoms with Gasteiger partial charge in [-0.2, -0.15) is 0 Å². The van der Waals surface area contributed by atoms with Crippen molar-refractivity contribution in [2.24, 2.45) is 5.92 Å². The minimum Gasteiger partial charge on any atom is -0.418 e. The lowest BCUT2D eigenvalue weighted by atomic mass is 9.95. The number of nitrogens with zero attached hydrogens (tertiary/aromatic N) is 3. The molecule has 0 bridgehead atoms. The van der Waals surface area contributed by atoms with Crippen molar-refractivity contribution in [3.63, 3.8) is 0 Å². The van der Waals surface area contributed by atoms with Crippen molar-refractivity contribution in [2.75, 3.05) is 18.4 Å². The number of para-hydroxylation sites is 1. The molecule has 2 aromatic heterocycles. The summed E-state index contributed by atoms with van der Waals surface area (Å²) in [6.07, 6.45) is 1.66. The first-order chi connectivity index (χ1) is 13.2. The minimum atomic E-state index is 0.0398. The van der Waals surface area contributed by atoms with Gasteiger partial charge in [0.15, 0.2) is 0 Å². The van der Waals surface area contributed by atoms with E-state index in [-0.39, 0.29) is 17.9 Å². The maximum absolute atomic E-state index is 12.5. The van der Waals surface area contributed by atoms with E-state index in [9.17, 15) is 4.79 Å². The fourth-order valence-electron chi connectivity index (χ4n) is 3.37. The van der Waals surface area contributed by atoms with E-state index in [2.05, 4.69) is 27.3 Å². The highest BCUT2D eigenvalue weighted by atomic mass is 32.1.